The SMILES string of the molecule is CCC(=O)OCCCCCCCCCOc1ccc(N=Nc2ccc(C)cc2)c(Cl)c1. The lowest BCUT2D eigenvalue weighted by atomic mass is 10.1. The average Bonchev–Trinajstić information content (AvgIpc) is 2.77. The molecule has 2 aromatic carbocycles. The lowest BCUT2D eigenvalue weighted by Crippen LogP contribution is -2.03. The number of azo groups is 1. The van der Waals surface area contributed by atoms with E-state index in [9.17, 15) is 4.79 Å². The Balaban J connectivity index is 1.57. The Hall–Kier alpha value is -2.40. The van der Waals surface area contributed by atoms with Crippen molar-refractivity contribution in [3.8, 4) is 5.75 Å². The molecule has 0 aliphatic carbocycles. The Bertz CT molecular complexity index is 822. The third kappa shape index (κ3) is 10.5. The minimum Gasteiger partial charge on any atom is -0.494 e. The zero-order valence-electron chi connectivity index (χ0n) is 18.6. The second-order valence-corrected chi connectivity index (χ2v) is 7.95. The predicted octanol–water partition coefficient (Wildman–Crippen LogP) is 8.13. The van der Waals surface area contributed by atoms with Crippen molar-refractivity contribution >= 4 is 28.9 Å². The number of hydrogen-bond donors (Lipinski definition) is 0. The molecule has 2 rings (SSSR count). The van der Waals surface area contributed by atoms with Crippen molar-refractivity contribution < 1.29 is 14.3 Å². The van der Waals surface area contributed by atoms with Crippen LogP contribution in [-0.2, 0) is 9.53 Å². The number of ether oxygens (including phenoxy) is 2. The van der Waals surface area contributed by atoms with E-state index in [0.29, 0.717) is 30.3 Å². The largest absolute Gasteiger partial charge is 0.494 e. The molecular formula is C25H33ClN2O3. The maximum Gasteiger partial charge on any atom is 0.305 e. The average molecular weight is 445 g/mol. The smallest absolute Gasteiger partial charge is 0.305 e. The van der Waals surface area contributed by atoms with Gasteiger partial charge in [-0.15, -0.1) is 5.11 Å². The fourth-order valence-corrected chi connectivity index (χ4v) is 3.16. The quantitative estimate of drug-likeness (QED) is 0.168. The van der Waals surface area contributed by atoms with E-state index in [1.165, 1.54) is 24.8 Å². The van der Waals surface area contributed by atoms with Crippen LogP contribution in [0.3, 0.4) is 0 Å². The van der Waals surface area contributed by atoms with Crippen LogP contribution in [0.4, 0.5) is 11.4 Å². The molecule has 0 fully saturated rings. The third-order valence-corrected chi connectivity index (χ3v) is 5.14. The summed E-state index contributed by atoms with van der Waals surface area (Å²) in [7, 11) is 0. The molecule has 0 amide bonds. The molecule has 0 unspecified atom stereocenters. The van der Waals surface area contributed by atoms with E-state index in [0.717, 1.165) is 37.1 Å². The van der Waals surface area contributed by atoms with Gasteiger partial charge in [0, 0.05) is 12.5 Å². The maximum atomic E-state index is 11.0. The van der Waals surface area contributed by atoms with Crippen molar-refractivity contribution in [1.82, 2.24) is 0 Å². The zero-order chi connectivity index (χ0) is 22.3. The second kappa shape index (κ2) is 14.6. The first-order valence-corrected chi connectivity index (χ1v) is 11.5. The molecule has 0 heterocycles. The standard InChI is InChI=1S/C25H33ClN2O3/c1-3-25(29)31-18-10-8-6-4-5-7-9-17-30-22-15-16-24(23(26)19-22)28-27-21-13-11-20(2)12-14-21/h11-16,19H,3-10,17-18H2,1-2H3. The molecule has 6 heteroatoms. The van der Waals surface area contributed by atoms with Gasteiger partial charge < -0.3 is 9.47 Å². The van der Waals surface area contributed by atoms with Gasteiger partial charge in [0.25, 0.3) is 0 Å². The molecule has 0 aliphatic heterocycles. The number of carbonyl (C=O) groups is 1. The topological polar surface area (TPSA) is 60.2 Å². The summed E-state index contributed by atoms with van der Waals surface area (Å²) in [6.45, 7) is 5.08. The van der Waals surface area contributed by atoms with Gasteiger partial charge >= 0.3 is 5.97 Å². The monoisotopic (exact) mass is 444 g/mol. The highest BCUT2D eigenvalue weighted by Crippen LogP contribution is 2.30. The lowest BCUT2D eigenvalue weighted by molar-refractivity contribution is -0.143. The highest BCUT2D eigenvalue weighted by atomic mass is 35.5. The number of nitrogens with zero attached hydrogens (tertiary/aromatic N) is 2. The molecule has 168 valence electrons. The number of unbranched alkanes of at least 4 members (excludes halogenated alkanes) is 6. The first kappa shape index (κ1) is 24.9. The van der Waals surface area contributed by atoms with Crippen LogP contribution in [0.1, 0.15) is 63.9 Å². The van der Waals surface area contributed by atoms with Crippen LogP contribution in [0.25, 0.3) is 0 Å². The number of aryl methyl sites for hydroxylation is 1. The van der Waals surface area contributed by atoms with Crippen molar-refractivity contribution in [2.24, 2.45) is 10.2 Å². The molecular weight excluding hydrogens is 412 g/mol. The van der Waals surface area contributed by atoms with Gasteiger partial charge in [-0.1, -0.05) is 68.3 Å². The fraction of sp³-hybridized carbons (Fsp3) is 0.480. The number of rotatable bonds is 14. The Morgan fingerprint density at radius 1 is 0.871 bits per heavy atom. The normalized spacial score (nSPS) is 11.1. The van der Waals surface area contributed by atoms with E-state index in [2.05, 4.69) is 10.2 Å². The predicted molar refractivity (Wildman–Crippen MR) is 126 cm³/mol. The number of hydrogen-bond acceptors (Lipinski definition) is 5. The first-order valence-electron chi connectivity index (χ1n) is 11.1. The zero-order valence-corrected chi connectivity index (χ0v) is 19.4. The molecule has 2 aromatic rings. The molecule has 5 nitrogen and oxygen atoms in total. The summed E-state index contributed by atoms with van der Waals surface area (Å²) < 4.78 is 10.9. The summed E-state index contributed by atoms with van der Waals surface area (Å²) in [6.07, 6.45) is 8.25. The maximum absolute atomic E-state index is 11.0. The van der Waals surface area contributed by atoms with Gasteiger partial charge in [-0.2, -0.15) is 5.11 Å². The van der Waals surface area contributed by atoms with Crippen molar-refractivity contribution in [1.29, 1.82) is 0 Å². The van der Waals surface area contributed by atoms with E-state index in [4.69, 9.17) is 21.1 Å². The van der Waals surface area contributed by atoms with Crippen LogP contribution < -0.4 is 4.74 Å². The van der Waals surface area contributed by atoms with Gasteiger partial charge in [-0.25, -0.2) is 0 Å². The van der Waals surface area contributed by atoms with E-state index in [1.807, 2.05) is 50.2 Å². The Labute approximate surface area is 190 Å². The molecule has 0 spiro atoms. The van der Waals surface area contributed by atoms with Gasteiger partial charge in [0.15, 0.2) is 0 Å². The molecule has 31 heavy (non-hydrogen) atoms. The highest BCUT2D eigenvalue weighted by molar-refractivity contribution is 6.33. The molecule has 0 N–H and O–H groups in total. The minimum absolute atomic E-state index is 0.109. The van der Waals surface area contributed by atoms with Crippen molar-refractivity contribution in [2.75, 3.05) is 13.2 Å². The van der Waals surface area contributed by atoms with Gasteiger partial charge in [0.2, 0.25) is 0 Å². The van der Waals surface area contributed by atoms with Crippen LogP contribution in [0, 0.1) is 6.92 Å². The number of carbonyl (C=O) groups excluding carboxylic acids is 1. The summed E-state index contributed by atoms with van der Waals surface area (Å²) in [4.78, 5) is 11.0. The molecule has 0 atom stereocenters. The number of halogens is 1. The van der Waals surface area contributed by atoms with Gasteiger partial charge in [0.05, 0.1) is 23.9 Å². The summed E-state index contributed by atoms with van der Waals surface area (Å²) in [5.74, 6) is 0.642. The third-order valence-electron chi connectivity index (χ3n) is 4.84. The van der Waals surface area contributed by atoms with Crippen molar-refractivity contribution in [3.05, 3.63) is 53.1 Å². The summed E-state index contributed by atoms with van der Waals surface area (Å²) in [6, 6.07) is 13.3. The lowest BCUT2D eigenvalue weighted by Gasteiger charge is -2.07. The molecule has 0 saturated carbocycles. The van der Waals surface area contributed by atoms with E-state index in [1.54, 1.807) is 6.07 Å². The van der Waals surface area contributed by atoms with Crippen LogP contribution in [0.15, 0.2) is 52.7 Å². The fourth-order valence-electron chi connectivity index (χ4n) is 2.95. The van der Waals surface area contributed by atoms with Crippen LogP contribution in [0.5, 0.6) is 5.75 Å². The summed E-state index contributed by atoms with van der Waals surface area (Å²) >= 11 is 6.32. The molecule has 0 aromatic heterocycles. The molecule has 0 bridgehead atoms. The summed E-state index contributed by atoms with van der Waals surface area (Å²) in [5, 5.41) is 8.98. The van der Waals surface area contributed by atoms with Gasteiger partial charge in [0.1, 0.15) is 11.4 Å². The van der Waals surface area contributed by atoms with Crippen molar-refractivity contribution in [2.45, 2.75) is 65.2 Å². The molecule has 0 aliphatic rings. The second-order valence-electron chi connectivity index (χ2n) is 7.55. The van der Waals surface area contributed by atoms with Crippen LogP contribution >= 0.6 is 11.6 Å². The van der Waals surface area contributed by atoms with Crippen LogP contribution in [0.2, 0.25) is 5.02 Å². The van der Waals surface area contributed by atoms with Gasteiger partial charge in [-0.3, -0.25) is 4.79 Å². The van der Waals surface area contributed by atoms with E-state index < -0.39 is 0 Å². The van der Waals surface area contributed by atoms with Crippen LogP contribution in [-0.4, -0.2) is 19.2 Å². The summed E-state index contributed by atoms with van der Waals surface area (Å²) in [5.41, 5.74) is 2.60. The highest BCUT2D eigenvalue weighted by Gasteiger charge is 2.03. The number of esters is 1. The van der Waals surface area contributed by atoms with Gasteiger partial charge in [-0.05, 0) is 44.0 Å². The minimum atomic E-state index is -0.109. The number of benzene rings is 2. The molecule has 0 radical (unpaired) electrons. The van der Waals surface area contributed by atoms with E-state index >= 15 is 0 Å². The molecule has 0 saturated heterocycles. The first-order chi connectivity index (χ1) is 15.1. The Morgan fingerprint density at radius 2 is 1.52 bits per heavy atom. The Morgan fingerprint density at radius 3 is 2.16 bits per heavy atom. The van der Waals surface area contributed by atoms with Crippen molar-refractivity contribution in [3.63, 3.8) is 0 Å². The van der Waals surface area contributed by atoms with E-state index in [-0.39, 0.29) is 5.97 Å². The Kier molecular flexibility index (Phi) is 11.7.